The maximum Gasteiger partial charge on any atom is 0.336 e. The lowest BCUT2D eigenvalue weighted by molar-refractivity contribution is 0.0693. The number of halogens is 1. The number of thioether (sulfide) groups is 1. The summed E-state index contributed by atoms with van der Waals surface area (Å²) in [6, 6.07) is 15.2. The molecule has 2 aromatic carbocycles. The number of carbonyl (C=O) groups is 1. The van der Waals surface area contributed by atoms with Crippen LogP contribution in [-0.4, -0.2) is 16.8 Å². The standard InChI is InChI=1S/C16H13BrO2S/c17-13-8-9-14(16(18)19)15(11-13)20-10-4-7-12-5-2-1-3-6-12/h1-9,11H,10H2,(H,18,19)/b7-4+. The van der Waals surface area contributed by atoms with Crippen molar-refractivity contribution in [3.05, 3.63) is 70.2 Å². The minimum atomic E-state index is -0.896. The highest BCUT2D eigenvalue weighted by atomic mass is 79.9. The average Bonchev–Trinajstić information content (AvgIpc) is 2.44. The van der Waals surface area contributed by atoms with Gasteiger partial charge in [-0.1, -0.05) is 58.4 Å². The van der Waals surface area contributed by atoms with Crippen LogP contribution < -0.4 is 0 Å². The predicted molar refractivity (Wildman–Crippen MR) is 87.3 cm³/mol. The third kappa shape index (κ3) is 4.25. The van der Waals surface area contributed by atoms with Crippen LogP contribution in [0.15, 0.2) is 64.0 Å². The average molecular weight is 349 g/mol. The van der Waals surface area contributed by atoms with Crippen LogP contribution in [0.1, 0.15) is 15.9 Å². The zero-order valence-electron chi connectivity index (χ0n) is 10.6. The van der Waals surface area contributed by atoms with E-state index in [1.165, 1.54) is 11.8 Å². The van der Waals surface area contributed by atoms with Crippen molar-refractivity contribution in [1.82, 2.24) is 0 Å². The van der Waals surface area contributed by atoms with Crippen LogP contribution in [0.2, 0.25) is 0 Å². The van der Waals surface area contributed by atoms with Gasteiger partial charge in [-0.15, -0.1) is 11.8 Å². The maximum atomic E-state index is 11.1. The van der Waals surface area contributed by atoms with Gasteiger partial charge >= 0.3 is 5.97 Å². The maximum absolute atomic E-state index is 11.1. The molecule has 0 unspecified atom stereocenters. The number of rotatable bonds is 5. The van der Waals surface area contributed by atoms with Crippen molar-refractivity contribution in [1.29, 1.82) is 0 Å². The summed E-state index contributed by atoms with van der Waals surface area (Å²) < 4.78 is 0.886. The summed E-state index contributed by atoms with van der Waals surface area (Å²) in [5.74, 6) is -0.168. The molecule has 0 aromatic heterocycles. The predicted octanol–water partition coefficient (Wildman–Crippen LogP) is 4.95. The summed E-state index contributed by atoms with van der Waals surface area (Å²) in [4.78, 5) is 11.9. The number of hydrogen-bond acceptors (Lipinski definition) is 2. The monoisotopic (exact) mass is 348 g/mol. The van der Waals surface area contributed by atoms with Crippen molar-refractivity contribution < 1.29 is 9.90 Å². The number of carboxylic acids is 1. The molecule has 0 aliphatic heterocycles. The van der Waals surface area contributed by atoms with Crippen LogP contribution >= 0.6 is 27.7 Å². The van der Waals surface area contributed by atoms with Crippen molar-refractivity contribution in [3.63, 3.8) is 0 Å². The summed E-state index contributed by atoms with van der Waals surface area (Å²) in [5.41, 5.74) is 1.48. The van der Waals surface area contributed by atoms with E-state index in [1.54, 1.807) is 12.1 Å². The Bertz CT molecular complexity index is 624. The van der Waals surface area contributed by atoms with Gasteiger partial charge in [0.2, 0.25) is 0 Å². The molecule has 0 saturated carbocycles. The second-order valence-corrected chi connectivity index (χ2v) is 6.05. The minimum Gasteiger partial charge on any atom is -0.478 e. The molecule has 0 aliphatic carbocycles. The molecule has 2 rings (SSSR count). The van der Waals surface area contributed by atoms with Gasteiger partial charge in [-0.3, -0.25) is 0 Å². The Morgan fingerprint density at radius 3 is 2.65 bits per heavy atom. The summed E-state index contributed by atoms with van der Waals surface area (Å²) in [6.07, 6.45) is 4.07. The molecule has 2 aromatic rings. The van der Waals surface area contributed by atoms with Crippen molar-refractivity contribution in [2.75, 3.05) is 5.75 Å². The molecule has 0 atom stereocenters. The molecule has 0 aliphatic rings. The second-order valence-electron chi connectivity index (χ2n) is 4.07. The minimum absolute atomic E-state index is 0.339. The van der Waals surface area contributed by atoms with Crippen molar-refractivity contribution in [2.45, 2.75) is 4.90 Å². The molecular formula is C16H13BrO2S. The molecule has 0 fully saturated rings. The van der Waals surface area contributed by atoms with E-state index in [4.69, 9.17) is 5.11 Å². The van der Waals surface area contributed by atoms with E-state index in [0.29, 0.717) is 5.56 Å². The van der Waals surface area contributed by atoms with E-state index in [-0.39, 0.29) is 0 Å². The molecule has 4 heteroatoms. The normalized spacial score (nSPS) is 10.8. The number of hydrogen-bond donors (Lipinski definition) is 1. The van der Waals surface area contributed by atoms with Crippen LogP contribution in [0.4, 0.5) is 0 Å². The van der Waals surface area contributed by atoms with E-state index in [0.717, 1.165) is 20.7 Å². The number of carboxylic acid groups (broad SMARTS) is 1. The summed E-state index contributed by atoms with van der Waals surface area (Å²) in [5, 5.41) is 9.14. The van der Waals surface area contributed by atoms with Crippen LogP contribution in [0, 0.1) is 0 Å². The highest BCUT2D eigenvalue weighted by molar-refractivity contribution is 9.10. The highest BCUT2D eigenvalue weighted by Gasteiger charge is 2.09. The Morgan fingerprint density at radius 1 is 1.20 bits per heavy atom. The van der Waals surface area contributed by atoms with Gasteiger partial charge in [0.25, 0.3) is 0 Å². The lowest BCUT2D eigenvalue weighted by Gasteiger charge is -2.04. The largest absolute Gasteiger partial charge is 0.478 e. The number of benzene rings is 2. The lowest BCUT2D eigenvalue weighted by atomic mass is 10.2. The SMILES string of the molecule is O=C(O)c1ccc(Br)cc1SC/C=C/c1ccccc1. The zero-order chi connectivity index (χ0) is 14.4. The molecule has 20 heavy (non-hydrogen) atoms. The Balaban J connectivity index is 2.02. The third-order valence-electron chi connectivity index (χ3n) is 2.62. The van der Waals surface area contributed by atoms with E-state index in [2.05, 4.69) is 15.9 Å². The molecular weight excluding hydrogens is 336 g/mol. The topological polar surface area (TPSA) is 37.3 Å². The van der Waals surface area contributed by atoms with Crippen LogP contribution in [-0.2, 0) is 0 Å². The third-order valence-corrected chi connectivity index (χ3v) is 4.12. The Hall–Kier alpha value is -1.52. The van der Waals surface area contributed by atoms with Crippen LogP contribution in [0.3, 0.4) is 0 Å². The van der Waals surface area contributed by atoms with Crippen molar-refractivity contribution in [2.24, 2.45) is 0 Å². The number of aromatic carboxylic acids is 1. The molecule has 0 saturated heterocycles. The second kappa shape index (κ2) is 7.31. The van der Waals surface area contributed by atoms with Crippen LogP contribution in [0.5, 0.6) is 0 Å². The van der Waals surface area contributed by atoms with E-state index >= 15 is 0 Å². The highest BCUT2D eigenvalue weighted by Crippen LogP contribution is 2.26. The fourth-order valence-corrected chi connectivity index (χ4v) is 3.08. The van der Waals surface area contributed by atoms with Gasteiger partial charge in [0.15, 0.2) is 0 Å². The first-order valence-corrected chi connectivity index (χ1v) is 7.82. The Morgan fingerprint density at radius 2 is 1.95 bits per heavy atom. The molecule has 0 heterocycles. The van der Waals surface area contributed by atoms with Gasteiger partial charge in [-0.25, -0.2) is 4.79 Å². The molecule has 1 N–H and O–H groups in total. The van der Waals surface area contributed by atoms with Gasteiger partial charge < -0.3 is 5.11 Å². The van der Waals surface area contributed by atoms with Crippen molar-refractivity contribution >= 4 is 39.7 Å². The summed E-state index contributed by atoms with van der Waals surface area (Å²) in [7, 11) is 0. The van der Waals surface area contributed by atoms with E-state index in [1.807, 2.05) is 48.6 Å². The first-order chi connectivity index (χ1) is 9.66. The Kier molecular flexibility index (Phi) is 5.44. The first-order valence-electron chi connectivity index (χ1n) is 6.04. The quantitative estimate of drug-likeness (QED) is 0.776. The zero-order valence-corrected chi connectivity index (χ0v) is 13.0. The van der Waals surface area contributed by atoms with Crippen LogP contribution in [0.25, 0.3) is 6.08 Å². The van der Waals surface area contributed by atoms with E-state index in [9.17, 15) is 4.79 Å². The lowest BCUT2D eigenvalue weighted by Crippen LogP contribution is -1.98. The molecule has 0 bridgehead atoms. The fraction of sp³-hybridized carbons (Fsp3) is 0.0625. The van der Waals surface area contributed by atoms with Gasteiger partial charge in [0, 0.05) is 15.1 Å². The van der Waals surface area contributed by atoms with Gasteiger partial charge in [-0.2, -0.15) is 0 Å². The molecule has 102 valence electrons. The molecule has 2 nitrogen and oxygen atoms in total. The van der Waals surface area contributed by atoms with Crippen molar-refractivity contribution in [3.8, 4) is 0 Å². The fourth-order valence-electron chi connectivity index (χ4n) is 1.68. The molecule has 0 radical (unpaired) electrons. The van der Waals surface area contributed by atoms with E-state index < -0.39 is 5.97 Å². The van der Waals surface area contributed by atoms with Gasteiger partial charge in [0.05, 0.1) is 5.56 Å². The summed E-state index contributed by atoms with van der Waals surface area (Å²) >= 11 is 4.88. The van der Waals surface area contributed by atoms with Gasteiger partial charge in [-0.05, 0) is 23.8 Å². The van der Waals surface area contributed by atoms with Gasteiger partial charge in [0.1, 0.15) is 0 Å². The molecule has 0 spiro atoms. The smallest absolute Gasteiger partial charge is 0.336 e. The Labute approximate surface area is 130 Å². The molecule has 0 amide bonds. The summed E-state index contributed by atoms with van der Waals surface area (Å²) in [6.45, 7) is 0. The first kappa shape index (κ1) is 14.9.